The Hall–Kier alpha value is -1.03. The molecule has 0 amide bonds. The first-order valence-corrected chi connectivity index (χ1v) is 5.49. The number of halogens is 1. The topological polar surface area (TPSA) is 41.6 Å². The second-order valence-corrected chi connectivity index (χ2v) is 4.81. The lowest BCUT2D eigenvalue weighted by Gasteiger charge is -2.32. The van der Waals surface area contributed by atoms with Crippen LogP contribution in [0.15, 0.2) is 38.8 Å². The molecule has 0 unspecified atom stereocenters. The molecule has 15 heavy (non-hydrogen) atoms. The number of hydrogen-bond acceptors (Lipinski definition) is 3. The van der Waals surface area contributed by atoms with Crippen LogP contribution in [0.3, 0.4) is 0 Å². The molecular formula is C11H16BrN3. The zero-order valence-corrected chi connectivity index (χ0v) is 11.1. The smallest absolute Gasteiger partial charge is 0.148 e. The monoisotopic (exact) mass is 269 g/mol. The molecule has 1 rings (SSSR count). The second-order valence-electron chi connectivity index (χ2n) is 3.62. The molecule has 0 aliphatic carbocycles. The summed E-state index contributed by atoms with van der Waals surface area (Å²) in [7, 11) is 0. The van der Waals surface area contributed by atoms with Gasteiger partial charge in [-0.25, -0.2) is 4.99 Å². The number of amidine groups is 1. The van der Waals surface area contributed by atoms with Gasteiger partial charge in [0.1, 0.15) is 5.84 Å². The van der Waals surface area contributed by atoms with E-state index in [2.05, 4.69) is 27.5 Å². The highest BCUT2D eigenvalue weighted by molar-refractivity contribution is 9.11. The first-order chi connectivity index (χ1) is 6.86. The molecule has 0 spiro atoms. The fourth-order valence-electron chi connectivity index (χ4n) is 1.57. The second kappa shape index (κ2) is 4.23. The fourth-order valence-corrected chi connectivity index (χ4v) is 1.95. The first kappa shape index (κ1) is 12.0. The Morgan fingerprint density at radius 2 is 1.93 bits per heavy atom. The van der Waals surface area contributed by atoms with E-state index in [1.54, 1.807) is 0 Å². The lowest BCUT2D eigenvalue weighted by atomic mass is 10.2. The molecule has 0 saturated heterocycles. The molecule has 0 radical (unpaired) electrons. The summed E-state index contributed by atoms with van der Waals surface area (Å²) < 4.78 is 0.957. The lowest BCUT2D eigenvalue weighted by molar-refractivity contribution is 0.536. The average molecular weight is 270 g/mol. The maximum absolute atomic E-state index is 5.91. The third kappa shape index (κ3) is 2.15. The summed E-state index contributed by atoms with van der Waals surface area (Å²) in [6.07, 6.45) is 0. The number of rotatable bonds is 1. The zero-order valence-electron chi connectivity index (χ0n) is 9.56. The van der Waals surface area contributed by atoms with Gasteiger partial charge in [0.05, 0.1) is 11.4 Å². The molecule has 1 heterocycles. The number of aliphatic imine (C=N–C) groups is 1. The molecule has 0 aromatic rings. The Morgan fingerprint density at radius 3 is 2.33 bits per heavy atom. The van der Waals surface area contributed by atoms with Crippen molar-refractivity contribution in [2.24, 2.45) is 10.7 Å². The third-order valence-electron chi connectivity index (χ3n) is 2.32. The Bertz CT molecular complexity index is 398. The Kier molecular flexibility index (Phi) is 3.39. The van der Waals surface area contributed by atoms with Crippen LogP contribution in [0, 0.1) is 0 Å². The summed E-state index contributed by atoms with van der Waals surface area (Å²) in [4.78, 5) is 6.32. The van der Waals surface area contributed by atoms with Crippen LogP contribution in [-0.2, 0) is 0 Å². The van der Waals surface area contributed by atoms with Crippen LogP contribution < -0.4 is 5.73 Å². The Morgan fingerprint density at radius 1 is 1.40 bits per heavy atom. The van der Waals surface area contributed by atoms with Crippen molar-refractivity contribution in [3.63, 3.8) is 0 Å². The summed E-state index contributed by atoms with van der Waals surface area (Å²) in [5, 5.41) is 0. The van der Waals surface area contributed by atoms with Gasteiger partial charge in [0.25, 0.3) is 0 Å². The first-order valence-electron chi connectivity index (χ1n) is 4.70. The maximum Gasteiger partial charge on any atom is 0.148 e. The number of nitrogens with zero attached hydrogens (tertiary/aromatic N) is 2. The van der Waals surface area contributed by atoms with E-state index in [1.165, 1.54) is 0 Å². The average Bonchev–Trinajstić information content (AvgIpc) is 2.09. The minimum Gasteiger partial charge on any atom is -0.382 e. The van der Waals surface area contributed by atoms with Crippen molar-refractivity contribution >= 4 is 21.8 Å². The van der Waals surface area contributed by atoms with Gasteiger partial charge in [-0.05, 0) is 27.7 Å². The molecular weight excluding hydrogens is 254 g/mol. The van der Waals surface area contributed by atoms with E-state index in [1.807, 2.05) is 32.6 Å². The van der Waals surface area contributed by atoms with Crippen molar-refractivity contribution in [2.45, 2.75) is 27.7 Å². The van der Waals surface area contributed by atoms with Crippen LogP contribution in [0.4, 0.5) is 0 Å². The van der Waals surface area contributed by atoms with Crippen LogP contribution >= 0.6 is 15.9 Å². The predicted octanol–water partition coefficient (Wildman–Crippen LogP) is 3.07. The van der Waals surface area contributed by atoms with Gasteiger partial charge in [0, 0.05) is 15.9 Å². The summed E-state index contributed by atoms with van der Waals surface area (Å²) >= 11 is 3.45. The van der Waals surface area contributed by atoms with Crippen molar-refractivity contribution in [1.82, 2.24) is 4.90 Å². The van der Waals surface area contributed by atoms with Crippen LogP contribution in [-0.4, -0.2) is 10.7 Å². The van der Waals surface area contributed by atoms with E-state index >= 15 is 0 Å². The quantitative estimate of drug-likeness (QED) is 0.795. The SMILES string of the molecule is C=C(C)N1C(C)=C(C)N=C(N)/C1=C(/C)Br. The molecule has 1 aliphatic heterocycles. The molecule has 0 atom stereocenters. The fraction of sp³-hybridized carbons (Fsp3) is 0.364. The highest BCUT2D eigenvalue weighted by atomic mass is 79.9. The Balaban J connectivity index is 3.40. The molecule has 4 heteroatoms. The van der Waals surface area contributed by atoms with E-state index in [-0.39, 0.29) is 0 Å². The lowest BCUT2D eigenvalue weighted by Crippen LogP contribution is -2.33. The van der Waals surface area contributed by atoms with E-state index in [9.17, 15) is 0 Å². The minimum absolute atomic E-state index is 0.524. The number of hydrogen-bond donors (Lipinski definition) is 1. The highest BCUT2D eigenvalue weighted by Crippen LogP contribution is 2.29. The van der Waals surface area contributed by atoms with E-state index in [0.29, 0.717) is 5.84 Å². The Labute approximate surface area is 99.2 Å². The van der Waals surface area contributed by atoms with Gasteiger partial charge in [-0.2, -0.15) is 0 Å². The van der Waals surface area contributed by atoms with E-state index in [0.717, 1.165) is 27.3 Å². The maximum atomic E-state index is 5.91. The summed E-state index contributed by atoms with van der Waals surface area (Å²) in [6, 6.07) is 0. The van der Waals surface area contributed by atoms with Crippen molar-refractivity contribution in [3.8, 4) is 0 Å². The number of nitrogens with two attached hydrogens (primary N) is 1. The van der Waals surface area contributed by atoms with Crippen LogP contribution in [0.2, 0.25) is 0 Å². The molecule has 0 fully saturated rings. The summed E-state index contributed by atoms with van der Waals surface area (Å²) in [5.41, 5.74) is 9.70. The van der Waals surface area contributed by atoms with Crippen LogP contribution in [0.25, 0.3) is 0 Å². The van der Waals surface area contributed by atoms with E-state index in [4.69, 9.17) is 5.73 Å². The minimum atomic E-state index is 0.524. The largest absolute Gasteiger partial charge is 0.382 e. The highest BCUT2D eigenvalue weighted by Gasteiger charge is 2.23. The molecule has 0 aromatic carbocycles. The van der Waals surface area contributed by atoms with Gasteiger partial charge in [-0.3, -0.25) is 0 Å². The van der Waals surface area contributed by atoms with Crippen molar-refractivity contribution in [2.75, 3.05) is 0 Å². The van der Waals surface area contributed by atoms with E-state index < -0.39 is 0 Å². The zero-order chi connectivity index (χ0) is 11.7. The van der Waals surface area contributed by atoms with Gasteiger partial charge < -0.3 is 10.6 Å². The standard InChI is InChI=1S/C11H16BrN3/c1-6(2)15-9(5)8(4)14-11(13)10(15)7(3)12/h1H2,2-5H3,(H2,13,14)/b10-7+. The third-order valence-corrected chi connectivity index (χ3v) is 2.70. The molecule has 2 N–H and O–H groups in total. The summed E-state index contributed by atoms with van der Waals surface area (Å²) in [6.45, 7) is 11.8. The molecule has 82 valence electrons. The molecule has 0 aromatic heterocycles. The summed E-state index contributed by atoms with van der Waals surface area (Å²) in [5.74, 6) is 0.524. The number of allylic oxidation sites excluding steroid dienone is 4. The van der Waals surface area contributed by atoms with Crippen molar-refractivity contribution in [3.05, 3.63) is 33.8 Å². The predicted molar refractivity (Wildman–Crippen MR) is 68.3 cm³/mol. The molecule has 1 aliphatic rings. The van der Waals surface area contributed by atoms with Gasteiger partial charge in [-0.15, -0.1) is 0 Å². The van der Waals surface area contributed by atoms with Gasteiger partial charge >= 0.3 is 0 Å². The normalized spacial score (nSPS) is 20.3. The van der Waals surface area contributed by atoms with Crippen molar-refractivity contribution < 1.29 is 0 Å². The molecule has 3 nitrogen and oxygen atoms in total. The van der Waals surface area contributed by atoms with Crippen molar-refractivity contribution in [1.29, 1.82) is 0 Å². The van der Waals surface area contributed by atoms with Gasteiger partial charge in [0.15, 0.2) is 0 Å². The van der Waals surface area contributed by atoms with Gasteiger partial charge in [0.2, 0.25) is 0 Å². The van der Waals surface area contributed by atoms with Crippen LogP contribution in [0.1, 0.15) is 27.7 Å². The molecule has 0 bridgehead atoms. The van der Waals surface area contributed by atoms with Crippen LogP contribution in [0.5, 0.6) is 0 Å². The molecule has 0 saturated carbocycles. The van der Waals surface area contributed by atoms with Gasteiger partial charge in [-0.1, -0.05) is 22.5 Å².